The van der Waals surface area contributed by atoms with Crippen LogP contribution in [0.15, 0.2) is 54.6 Å². The number of carboxylic acids is 1. The van der Waals surface area contributed by atoms with Gasteiger partial charge in [0.2, 0.25) is 0 Å². The fourth-order valence-electron chi connectivity index (χ4n) is 2.14. The highest BCUT2D eigenvalue weighted by Gasteiger charge is 2.21. The quantitative estimate of drug-likeness (QED) is 0.815. The Morgan fingerprint density at radius 3 is 2.46 bits per heavy atom. The minimum Gasteiger partial charge on any atom is -0.497 e. The number of benzene rings is 2. The summed E-state index contributed by atoms with van der Waals surface area (Å²) < 4.78 is 10.2. The van der Waals surface area contributed by atoms with Crippen LogP contribution in [0.25, 0.3) is 0 Å². The third kappa shape index (κ3) is 5.31. The molecule has 6 heteroatoms. The van der Waals surface area contributed by atoms with Crippen molar-refractivity contribution >= 4 is 12.1 Å². The molecule has 2 aromatic rings. The molecule has 0 fully saturated rings. The van der Waals surface area contributed by atoms with Gasteiger partial charge >= 0.3 is 12.1 Å². The molecule has 0 saturated heterocycles. The molecular weight excluding hydrogens is 310 g/mol. The molecule has 24 heavy (non-hydrogen) atoms. The molecule has 2 aromatic carbocycles. The molecule has 2 N–H and O–H groups in total. The Balaban J connectivity index is 1.92. The highest BCUT2D eigenvalue weighted by molar-refractivity contribution is 5.80. The predicted molar refractivity (Wildman–Crippen MR) is 87.9 cm³/mol. The minimum absolute atomic E-state index is 0.0815. The Labute approximate surface area is 140 Å². The smallest absolute Gasteiger partial charge is 0.408 e. The lowest BCUT2D eigenvalue weighted by molar-refractivity contribution is -0.139. The fraction of sp³-hybridized carbons (Fsp3) is 0.222. The molecule has 0 unspecified atom stereocenters. The summed E-state index contributed by atoms with van der Waals surface area (Å²) in [5, 5.41) is 11.7. The topological polar surface area (TPSA) is 84.9 Å². The van der Waals surface area contributed by atoms with Crippen molar-refractivity contribution in [3.63, 3.8) is 0 Å². The van der Waals surface area contributed by atoms with Crippen LogP contribution in [0.2, 0.25) is 0 Å². The standard InChI is InChI=1S/C18H19NO5/c1-23-15-9-5-8-14(10-15)11-16(17(20)21)19-18(22)24-12-13-6-3-2-4-7-13/h2-10,16H,11-12H2,1H3,(H,19,22)(H,20,21)/t16-/m1/s1. The first kappa shape index (κ1) is 17.3. The van der Waals surface area contributed by atoms with Gasteiger partial charge in [-0.25, -0.2) is 9.59 Å². The number of rotatable bonds is 7. The number of carbonyl (C=O) groups is 2. The van der Waals surface area contributed by atoms with Gasteiger partial charge in [0, 0.05) is 6.42 Å². The summed E-state index contributed by atoms with van der Waals surface area (Å²) in [4.78, 5) is 23.2. The van der Waals surface area contributed by atoms with Crippen LogP contribution >= 0.6 is 0 Å². The average molecular weight is 329 g/mol. The number of methoxy groups -OCH3 is 1. The molecule has 2 rings (SSSR count). The maximum absolute atomic E-state index is 11.8. The van der Waals surface area contributed by atoms with Crippen LogP contribution in [-0.2, 0) is 22.6 Å². The van der Waals surface area contributed by atoms with Gasteiger partial charge in [-0.3, -0.25) is 0 Å². The van der Waals surface area contributed by atoms with E-state index in [-0.39, 0.29) is 13.0 Å². The van der Waals surface area contributed by atoms with E-state index in [1.807, 2.05) is 30.3 Å². The number of alkyl carbamates (subject to hydrolysis) is 1. The van der Waals surface area contributed by atoms with E-state index in [9.17, 15) is 14.7 Å². The van der Waals surface area contributed by atoms with Gasteiger partial charge in [0.25, 0.3) is 0 Å². The van der Waals surface area contributed by atoms with Crippen LogP contribution in [0.4, 0.5) is 4.79 Å². The second kappa shape index (κ2) is 8.57. The third-order valence-corrected chi connectivity index (χ3v) is 3.38. The number of aliphatic carboxylic acids is 1. The van der Waals surface area contributed by atoms with Gasteiger partial charge in [-0.15, -0.1) is 0 Å². The molecule has 1 atom stereocenters. The lowest BCUT2D eigenvalue weighted by Crippen LogP contribution is -2.42. The van der Waals surface area contributed by atoms with E-state index >= 15 is 0 Å². The van der Waals surface area contributed by atoms with E-state index in [4.69, 9.17) is 9.47 Å². The molecule has 0 aliphatic rings. The van der Waals surface area contributed by atoms with Crippen molar-refractivity contribution in [2.75, 3.05) is 7.11 Å². The first-order valence-corrected chi connectivity index (χ1v) is 7.41. The predicted octanol–water partition coefficient (Wildman–Crippen LogP) is 2.62. The van der Waals surface area contributed by atoms with E-state index < -0.39 is 18.1 Å². The maximum atomic E-state index is 11.8. The van der Waals surface area contributed by atoms with Crippen LogP contribution in [-0.4, -0.2) is 30.3 Å². The highest BCUT2D eigenvalue weighted by atomic mass is 16.5. The van der Waals surface area contributed by atoms with Crippen LogP contribution in [0, 0.1) is 0 Å². The molecule has 0 heterocycles. The number of hydrogen-bond acceptors (Lipinski definition) is 4. The number of nitrogens with one attached hydrogen (secondary N) is 1. The molecular formula is C18H19NO5. The second-order valence-electron chi connectivity index (χ2n) is 5.15. The van der Waals surface area contributed by atoms with E-state index in [1.54, 1.807) is 24.3 Å². The minimum atomic E-state index is -1.13. The lowest BCUT2D eigenvalue weighted by Gasteiger charge is -2.15. The van der Waals surface area contributed by atoms with Crippen molar-refractivity contribution in [1.29, 1.82) is 0 Å². The maximum Gasteiger partial charge on any atom is 0.408 e. The SMILES string of the molecule is COc1cccc(C[C@@H](NC(=O)OCc2ccccc2)C(=O)O)c1. The number of carboxylic acid groups (broad SMARTS) is 1. The zero-order valence-electron chi connectivity index (χ0n) is 13.3. The van der Waals surface area contributed by atoms with Gasteiger partial charge < -0.3 is 19.9 Å². The van der Waals surface area contributed by atoms with Gasteiger partial charge in [-0.05, 0) is 23.3 Å². The molecule has 0 radical (unpaired) electrons. The monoisotopic (exact) mass is 329 g/mol. The van der Waals surface area contributed by atoms with Crippen LogP contribution in [0.1, 0.15) is 11.1 Å². The lowest BCUT2D eigenvalue weighted by atomic mass is 10.1. The Bertz CT molecular complexity index is 687. The molecule has 126 valence electrons. The van der Waals surface area contributed by atoms with Crippen LogP contribution < -0.4 is 10.1 Å². The fourth-order valence-corrected chi connectivity index (χ4v) is 2.14. The number of amides is 1. The van der Waals surface area contributed by atoms with Crippen LogP contribution in [0.5, 0.6) is 5.75 Å². The van der Waals surface area contributed by atoms with Gasteiger partial charge in [0.15, 0.2) is 0 Å². The summed E-state index contributed by atoms with van der Waals surface area (Å²) in [5.41, 5.74) is 1.57. The van der Waals surface area contributed by atoms with Crippen molar-refractivity contribution in [1.82, 2.24) is 5.32 Å². The van der Waals surface area contributed by atoms with E-state index in [2.05, 4.69) is 5.32 Å². The number of ether oxygens (including phenoxy) is 2. The molecule has 6 nitrogen and oxygen atoms in total. The molecule has 0 aliphatic carbocycles. The van der Waals surface area contributed by atoms with Gasteiger partial charge in [0.05, 0.1) is 7.11 Å². The largest absolute Gasteiger partial charge is 0.497 e. The number of carbonyl (C=O) groups excluding carboxylic acids is 1. The second-order valence-corrected chi connectivity index (χ2v) is 5.15. The van der Waals surface area contributed by atoms with E-state index in [0.717, 1.165) is 11.1 Å². The van der Waals surface area contributed by atoms with Crippen molar-refractivity contribution in [2.45, 2.75) is 19.1 Å². The van der Waals surface area contributed by atoms with E-state index in [1.165, 1.54) is 7.11 Å². The molecule has 0 bridgehead atoms. The van der Waals surface area contributed by atoms with Crippen molar-refractivity contribution in [3.05, 3.63) is 65.7 Å². The zero-order chi connectivity index (χ0) is 17.4. The zero-order valence-corrected chi connectivity index (χ0v) is 13.3. The summed E-state index contributed by atoms with van der Waals surface area (Å²) >= 11 is 0. The molecule has 1 amide bonds. The summed E-state index contributed by atoms with van der Waals surface area (Å²) in [6.07, 6.45) is -0.637. The normalized spacial score (nSPS) is 11.4. The summed E-state index contributed by atoms with van der Waals surface area (Å²) in [6.45, 7) is 0.0815. The molecule has 0 aromatic heterocycles. The highest BCUT2D eigenvalue weighted by Crippen LogP contribution is 2.14. The van der Waals surface area contributed by atoms with E-state index in [0.29, 0.717) is 5.75 Å². The first-order chi connectivity index (χ1) is 11.6. The summed E-state index contributed by atoms with van der Waals surface area (Å²) in [7, 11) is 1.53. The van der Waals surface area contributed by atoms with Gasteiger partial charge in [-0.1, -0.05) is 42.5 Å². The summed E-state index contributed by atoms with van der Waals surface area (Å²) in [5.74, 6) is -0.502. The number of hydrogen-bond donors (Lipinski definition) is 2. The van der Waals surface area contributed by atoms with Gasteiger partial charge in [-0.2, -0.15) is 0 Å². The van der Waals surface area contributed by atoms with Crippen LogP contribution in [0.3, 0.4) is 0 Å². The summed E-state index contributed by atoms with van der Waals surface area (Å²) in [6, 6.07) is 15.1. The molecule has 0 aliphatic heterocycles. The Hall–Kier alpha value is -3.02. The Morgan fingerprint density at radius 1 is 1.08 bits per heavy atom. The average Bonchev–Trinajstić information content (AvgIpc) is 2.60. The third-order valence-electron chi connectivity index (χ3n) is 3.38. The van der Waals surface area contributed by atoms with Gasteiger partial charge in [0.1, 0.15) is 18.4 Å². The Morgan fingerprint density at radius 2 is 1.79 bits per heavy atom. The van der Waals surface area contributed by atoms with Crippen molar-refractivity contribution < 1.29 is 24.2 Å². The van der Waals surface area contributed by atoms with Crippen molar-refractivity contribution in [3.8, 4) is 5.75 Å². The molecule has 0 saturated carbocycles. The Kier molecular flexibility index (Phi) is 6.19. The first-order valence-electron chi connectivity index (χ1n) is 7.41. The molecule has 0 spiro atoms. The van der Waals surface area contributed by atoms with Crippen molar-refractivity contribution in [2.24, 2.45) is 0 Å².